The summed E-state index contributed by atoms with van der Waals surface area (Å²) in [5, 5.41) is 0. The molecule has 2 aromatic rings. The highest BCUT2D eigenvalue weighted by atomic mass is 16.5. The summed E-state index contributed by atoms with van der Waals surface area (Å²) in [4.78, 5) is 4.17. The average molecular weight is 229 g/mol. The summed E-state index contributed by atoms with van der Waals surface area (Å²) >= 11 is 0. The van der Waals surface area contributed by atoms with E-state index in [1.165, 1.54) is 5.56 Å². The van der Waals surface area contributed by atoms with Crippen molar-refractivity contribution in [1.82, 2.24) is 4.98 Å². The van der Waals surface area contributed by atoms with Crippen molar-refractivity contribution < 1.29 is 4.74 Å². The summed E-state index contributed by atoms with van der Waals surface area (Å²) in [6, 6.07) is 13.9. The van der Waals surface area contributed by atoms with E-state index in [0.29, 0.717) is 6.61 Å². The first-order chi connectivity index (χ1) is 8.36. The van der Waals surface area contributed by atoms with Crippen molar-refractivity contribution in [2.75, 3.05) is 0 Å². The van der Waals surface area contributed by atoms with E-state index in [0.717, 1.165) is 11.4 Å². The topological polar surface area (TPSA) is 22.1 Å². The van der Waals surface area contributed by atoms with Gasteiger partial charge in [-0.15, -0.1) is 0 Å². The number of pyridine rings is 1. The van der Waals surface area contributed by atoms with Gasteiger partial charge in [0.2, 0.25) is 0 Å². The first kappa shape index (κ1) is 13.2. The minimum Gasteiger partial charge on any atom is -0.487 e. The number of aromatic nitrogens is 1. The molecule has 17 heavy (non-hydrogen) atoms. The number of benzene rings is 1. The number of ether oxygens (including phenoxy) is 1. The fourth-order valence-electron chi connectivity index (χ4n) is 1.36. The third kappa shape index (κ3) is 4.27. The number of aryl methyl sites for hydroxylation is 1. The lowest BCUT2D eigenvalue weighted by Gasteiger charge is -2.07. The summed E-state index contributed by atoms with van der Waals surface area (Å²) < 4.78 is 5.66. The van der Waals surface area contributed by atoms with Gasteiger partial charge in [0.25, 0.3) is 0 Å². The first-order valence-corrected chi connectivity index (χ1v) is 5.94. The number of rotatable bonds is 3. The van der Waals surface area contributed by atoms with E-state index in [2.05, 4.69) is 4.98 Å². The van der Waals surface area contributed by atoms with Gasteiger partial charge in [-0.2, -0.15) is 0 Å². The predicted molar refractivity (Wildman–Crippen MR) is 71.1 cm³/mol. The molecule has 0 aliphatic carbocycles. The molecular formula is C15H19NO. The standard InChI is InChI=1S/C13H13NO.C2H6/c1-11-13(8-5-9-14-11)15-10-12-6-3-2-4-7-12;1-2/h2-9H,10H2,1H3;1-2H3. The normalized spacial score (nSPS) is 9.12. The van der Waals surface area contributed by atoms with Crippen molar-refractivity contribution in [2.45, 2.75) is 27.4 Å². The van der Waals surface area contributed by atoms with Gasteiger partial charge in [-0.25, -0.2) is 0 Å². The van der Waals surface area contributed by atoms with Crippen LogP contribution < -0.4 is 4.74 Å². The quantitative estimate of drug-likeness (QED) is 0.793. The molecule has 0 radical (unpaired) electrons. The monoisotopic (exact) mass is 229 g/mol. The molecule has 2 nitrogen and oxygen atoms in total. The molecule has 0 saturated heterocycles. The van der Waals surface area contributed by atoms with Crippen molar-refractivity contribution in [3.05, 3.63) is 59.9 Å². The van der Waals surface area contributed by atoms with Gasteiger partial charge in [0.05, 0.1) is 5.69 Å². The molecule has 90 valence electrons. The van der Waals surface area contributed by atoms with Crippen LogP contribution in [0.5, 0.6) is 5.75 Å². The van der Waals surface area contributed by atoms with Crippen LogP contribution >= 0.6 is 0 Å². The van der Waals surface area contributed by atoms with Gasteiger partial charge in [0.15, 0.2) is 0 Å². The van der Waals surface area contributed by atoms with E-state index in [4.69, 9.17) is 4.74 Å². The second-order valence-electron chi connectivity index (χ2n) is 3.36. The second kappa shape index (κ2) is 7.44. The third-order valence-electron chi connectivity index (χ3n) is 2.20. The average Bonchev–Trinajstić information content (AvgIpc) is 2.41. The van der Waals surface area contributed by atoms with Gasteiger partial charge in [-0.1, -0.05) is 44.2 Å². The Balaban J connectivity index is 0.000000686. The summed E-state index contributed by atoms with van der Waals surface area (Å²) in [5.74, 6) is 0.848. The molecule has 0 aliphatic rings. The molecule has 2 rings (SSSR count). The highest BCUT2D eigenvalue weighted by molar-refractivity contribution is 5.26. The van der Waals surface area contributed by atoms with Crippen molar-refractivity contribution in [1.29, 1.82) is 0 Å². The SMILES string of the molecule is CC.Cc1ncccc1OCc1ccccc1. The second-order valence-corrected chi connectivity index (χ2v) is 3.36. The van der Waals surface area contributed by atoms with E-state index in [1.807, 2.05) is 63.2 Å². The fraction of sp³-hybridized carbons (Fsp3) is 0.267. The minimum atomic E-state index is 0.591. The van der Waals surface area contributed by atoms with Gasteiger partial charge in [0.1, 0.15) is 12.4 Å². The number of hydrogen-bond donors (Lipinski definition) is 0. The van der Waals surface area contributed by atoms with Crippen molar-refractivity contribution >= 4 is 0 Å². The Kier molecular flexibility index (Phi) is 5.80. The third-order valence-corrected chi connectivity index (χ3v) is 2.20. The maximum atomic E-state index is 5.66. The van der Waals surface area contributed by atoms with Crippen LogP contribution in [0.4, 0.5) is 0 Å². The van der Waals surface area contributed by atoms with Gasteiger partial charge in [0, 0.05) is 6.20 Å². The Labute approximate surface area is 103 Å². The molecule has 0 N–H and O–H groups in total. The lowest BCUT2D eigenvalue weighted by Crippen LogP contribution is -1.97. The molecule has 2 heteroatoms. The van der Waals surface area contributed by atoms with Crippen molar-refractivity contribution in [3.63, 3.8) is 0 Å². The molecule has 0 atom stereocenters. The summed E-state index contributed by atoms with van der Waals surface area (Å²) in [6.45, 7) is 6.54. The van der Waals surface area contributed by atoms with Gasteiger partial charge in [-0.05, 0) is 24.6 Å². The minimum absolute atomic E-state index is 0.591. The van der Waals surface area contributed by atoms with Crippen LogP contribution in [0, 0.1) is 6.92 Å². The van der Waals surface area contributed by atoms with Crippen molar-refractivity contribution in [3.8, 4) is 5.75 Å². The zero-order chi connectivity index (χ0) is 12.5. The van der Waals surface area contributed by atoms with Crippen LogP contribution in [0.1, 0.15) is 25.1 Å². The molecule has 1 heterocycles. The van der Waals surface area contributed by atoms with E-state index >= 15 is 0 Å². The molecule has 0 spiro atoms. The number of hydrogen-bond acceptors (Lipinski definition) is 2. The van der Waals surface area contributed by atoms with Crippen LogP contribution in [-0.4, -0.2) is 4.98 Å². The lowest BCUT2D eigenvalue weighted by molar-refractivity contribution is 0.302. The van der Waals surface area contributed by atoms with E-state index in [-0.39, 0.29) is 0 Å². The molecule has 1 aromatic carbocycles. The molecule has 1 aromatic heterocycles. The summed E-state index contributed by atoms with van der Waals surface area (Å²) in [5.41, 5.74) is 2.09. The highest BCUT2D eigenvalue weighted by Crippen LogP contribution is 2.15. The highest BCUT2D eigenvalue weighted by Gasteiger charge is 1.98. The summed E-state index contributed by atoms with van der Waals surface area (Å²) in [6.07, 6.45) is 1.77. The van der Waals surface area contributed by atoms with E-state index in [1.54, 1.807) is 6.20 Å². The summed E-state index contributed by atoms with van der Waals surface area (Å²) in [7, 11) is 0. The van der Waals surface area contributed by atoms with Crippen LogP contribution in [-0.2, 0) is 6.61 Å². The van der Waals surface area contributed by atoms with Crippen LogP contribution in [0.25, 0.3) is 0 Å². The molecule has 0 fully saturated rings. The van der Waals surface area contributed by atoms with E-state index in [9.17, 15) is 0 Å². The molecule has 0 saturated carbocycles. The smallest absolute Gasteiger partial charge is 0.141 e. The molecule has 0 aliphatic heterocycles. The Morgan fingerprint density at radius 1 is 1.00 bits per heavy atom. The Morgan fingerprint density at radius 2 is 1.71 bits per heavy atom. The Morgan fingerprint density at radius 3 is 2.35 bits per heavy atom. The lowest BCUT2D eigenvalue weighted by atomic mass is 10.2. The zero-order valence-electron chi connectivity index (χ0n) is 10.7. The maximum Gasteiger partial charge on any atom is 0.141 e. The van der Waals surface area contributed by atoms with Crippen LogP contribution in [0.2, 0.25) is 0 Å². The number of nitrogens with zero attached hydrogens (tertiary/aromatic N) is 1. The van der Waals surface area contributed by atoms with Crippen LogP contribution in [0.3, 0.4) is 0 Å². The molecule has 0 amide bonds. The molecule has 0 unspecified atom stereocenters. The first-order valence-electron chi connectivity index (χ1n) is 5.94. The zero-order valence-corrected chi connectivity index (χ0v) is 10.7. The predicted octanol–water partition coefficient (Wildman–Crippen LogP) is 4.00. The van der Waals surface area contributed by atoms with Crippen LogP contribution in [0.15, 0.2) is 48.7 Å². The Hall–Kier alpha value is -1.83. The van der Waals surface area contributed by atoms with Gasteiger partial charge < -0.3 is 4.74 Å². The molecular weight excluding hydrogens is 210 g/mol. The molecule has 0 bridgehead atoms. The fourth-order valence-corrected chi connectivity index (χ4v) is 1.36. The van der Waals surface area contributed by atoms with Crippen molar-refractivity contribution in [2.24, 2.45) is 0 Å². The van der Waals surface area contributed by atoms with Gasteiger partial charge >= 0.3 is 0 Å². The van der Waals surface area contributed by atoms with E-state index < -0.39 is 0 Å². The maximum absolute atomic E-state index is 5.66. The van der Waals surface area contributed by atoms with Gasteiger partial charge in [-0.3, -0.25) is 4.98 Å². The largest absolute Gasteiger partial charge is 0.487 e. The Bertz CT molecular complexity index is 426.